The predicted octanol–water partition coefficient (Wildman–Crippen LogP) is 5.00. The van der Waals surface area contributed by atoms with Crippen molar-refractivity contribution in [2.24, 2.45) is 23.7 Å². The molecule has 2 nitrogen and oxygen atoms in total. The van der Waals surface area contributed by atoms with Gasteiger partial charge in [-0.2, -0.15) is 0 Å². The van der Waals surface area contributed by atoms with Crippen LogP contribution in [0.25, 0.3) is 0 Å². The highest BCUT2D eigenvalue weighted by atomic mass is 32.2. The van der Waals surface area contributed by atoms with Gasteiger partial charge in [-0.3, -0.25) is 9.59 Å². The molecule has 0 saturated carbocycles. The highest BCUT2D eigenvalue weighted by Gasteiger charge is 2.31. The van der Waals surface area contributed by atoms with E-state index >= 15 is 0 Å². The molecule has 0 aromatic carbocycles. The maximum absolute atomic E-state index is 12.5. The summed E-state index contributed by atoms with van der Waals surface area (Å²) in [5, 5.41) is -0.119. The van der Waals surface area contributed by atoms with Crippen molar-refractivity contribution in [1.82, 2.24) is 0 Å². The van der Waals surface area contributed by atoms with Gasteiger partial charge in [-0.05, 0) is 23.7 Å². The van der Waals surface area contributed by atoms with Crippen LogP contribution in [0.4, 0.5) is 0 Å². The van der Waals surface area contributed by atoms with Crippen molar-refractivity contribution in [2.45, 2.75) is 78.7 Å². The lowest BCUT2D eigenvalue weighted by Gasteiger charge is -2.27. The second kappa shape index (κ2) is 9.66. The quantitative estimate of drug-likeness (QED) is 0.569. The van der Waals surface area contributed by atoms with E-state index in [0.29, 0.717) is 36.2 Å². The molecule has 2 atom stereocenters. The van der Waals surface area contributed by atoms with Crippen LogP contribution >= 0.6 is 11.8 Å². The number of rotatable bonds is 10. The van der Waals surface area contributed by atoms with Gasteiger partial charge in [0.25, 0.3) is 0 Å². The van der Waals surface area contributed by atoms with Crippen LogP contribution in [0.1, 0.15) is 68.2 Å². The molecule has 2 unspecified atom stereocenters. The van der Waals surface area contributed by atoms with Crippen LogP contribution in [0.3, 0.4) is 0 Å². The van der Waals surface area contributed by atoms with Crippen molar-refractivity contribution in [2.75, 3.05) is 0 Å². The van der Waals surface area contributed by atoms with Gasteiger partial charge in [-0.25, -0.2) is 0 Å². The standard InChI is InChI=1S/C18H34O2S/c1-11(2)9-15(19)17(13(5)6)21-18(14(7)8)16(20)10-12(3)4/h11-14,17-18H,9-10H2,1-8H3. The van der Waals surface area contributed by atoms with E-state index in [1.165, 1.54) is 0 Å². The number of hydrogen-bond acceptors (Lipinski definition) is 3. The van der Waals surface area contributed by atoms with E-state index < -0.39 is 0 Å². The molecule has 0 fully saturated rings. The number of Topliss-reactive ketones (excluding diaryl/α,β-unsaturated/α-hetero) is 2. The number of carbonyl (C=O) groups is 2. The number of hydrogen-bond donors (Lipinski definition) is 0. The third-order valence-electron chi connectivity index (χ3n) is 3.36. The number of ketones is 2. The molecule has 0 rings (SSSR count). The molecule has 0 aliphatic heterocycles. The van der Waals surface area contributed by atoms with Gasteiger partial charge in [0.15, 0.2) is 0 Å². The van der Waals surface area contributed by atoms with Crippen LogP contribution in [0.15, 0.2) is 0 Å². The minimum Gasteiger partial charge on any atom is -0.298 e. The maximum Gasteiger partial charge on any atom is 0.146 e. The smallest absolute Gasteiger partial charge is 0.146 e. The number of carbonyl (C=O) groups excluding carboxylic acids is 2. The Hall–Kier alpha value is -0.310. The van der Waals surface area contributed by atoms with Gasteiger partial charge in [0.05, 0.1) is 10.5 Å². The lowest BCUT2D eigenvalue weighted by atomic mass is 9.98. The van der Waals surface area contributed by atoms with E-state index in [0.717, 1.165) is 0 Å². The van der Waals surface area contributed by atoms with Gasteiger partial charge in [0, 0.05) is 12.8 Å². The zero-order valence-electron chi connectivity index (χ0n) is 15.1. The fourth-order valence-corrected chi connectivity index (χ4v) is 3.85. The maximum atomic E-state index is 12.5. The molecular formula is C18H34O2S. The van der Waals surface area contributed by atoms with Crippen molar-refractivity contribution in [3.63, 3.8) is 0 Å². The Morgan fingerprint density at radius 1 is 0.667 bits per heavy atom. The first-order chi connectivity index (χ1) is 9.56. The SMILES string of the molecule is CC(C)CC(=O)C(SC(C(=O)CC(C)C)C(C)C)C(C)C. The lowest BCUT2D eigenvalue weighted by Crippen LogP contribution is -2.33. The molecule has 21 heavy (non-hydrogen) atoms. The van der Waals surface area contributed by atoms with Crippen molar-refractivity contribution in [1.29, 1.82) is 0 Å². The summed E-state index contributed by atoms with van der Waals surface area (Å²) in [6.07, 6.45) is 1.22. The third kappa shape index (κ3) is 8.04. The van der Waals surface area contributed by atoms with Crippen LogP contribution in [0.2, 0.25) is 0 Å². The highest BCUT2D eigenvalue weighted by Crippen LogP contribution is 2.32. The van der Waals surface area contributed by atoms with Gasteiger partial charge < -0.3 is 0 Å². The summed E-state index contributed by atoms with van der Waals surface area (Å²) >= 11 is 1.61. The molecule has 0 saturated heterocycles. The van der Waals surface area contributed by atoms with E-state index in [4.69, 9.17) is 0 Å². The van der Waals surface area contributed by atoms with E-state index in [-0.39, 0.29) is 22.3 Å². The summed E-state index contributed by atoms with van der Waals surface area (Å²) in [4.78, 5) is 24.9. The summed E-state index contributed by atoms with van der Waals surface area (Å²) in [5.41, 5.74) is 0. The molecule has 0 amide bonds. The Morgan fingerprint density at radius 2 is 0.952 bits per heavy atom. The van der Waals surface area contributed by atoms with Gasteiger partial charge in [0.1, 0.15) is 11.6 Å². The minimum atomic E-state index is -0.0593. The second-order valence-corrected chi connectivity index (χ2v) is 8.88. The second-order valence-electron chi connectivity index (χ2n) is 7.59. The summed E-state index contributed by atoms with van der Waals surface area (Å²) in [6, 6.07) is 0. The Balaban J connectivity index is 4.99. The molecule has 0 spiro atoms. The Kier molecular flexibility index (Phi) is 9.51. The zero-order valence-corrected chi connectivity index (χ0v) is 15.9. The normalized spacial score (nSPS) is 15.0. The topological polar surface area (TPSA) is 34.1 Å². The first-order valence-corrected chi connectivity index (χ1v) is 9.21. The fraction of sp³-hybridized carbons (Fsp3) is 0.889. The fourth-order valence-electron chi connectivity index (χ4n) is 2.40. The van der Waals surface area contributed by atoms with Crippen LogP contribution in [-0.4, -0.2) is 22.1 Å². The average molecular weight is 315 g/mol. The largest absolute Gasteiger partial charge is 0.298 e. The summed E-state index contributed by atoms with van der Waals surface area (Å²) < 4.78 is 0. The molecule has 0 aromatic heterocycles. The average Bonchev–Trinajstić information content (AvgIpc) is 2.25. The molecule has 124 valence electrons. The van der Waals surface area contributed by atoms with Crippen molar-refractivity contribution >= 4 is 23.3 Å². The number of thioether (sulfide) groups is 1. The van der Waals surface area contributed by atoms with Crippen molar-refractivity contribution in [3.8, 4) is 0 Å². The Morgan fingerprint density at radius 3 is 1.14 bits per heavy atom. The van der Waals surface area contributed by atoms with E-state index in [1.54, 1.807) is 11.8 Å². The van der Waals surface area contributed by atoms with Gasteiger partial charge in [-0.15, -0.1) is 11.8 Å². The predicted molar refractivity (Wildman–Crippen MR) is 93.8 cm³/mol. The van der Waals surface area contributed by atoms with E-state index in [2.05, 4.69) is 55.4 Å². The van der Waals surface area contributed by atoms with E-state index in [1.807, 2.05) is 0 Å². The van der Waals surface area contributed by atoms with Crippen molar-refractivity contribution in [3.05, 3.63) is 0 Å². The molecule has 3 heteroatoms. The highest BCUT2D eigenvalue weighted by molar-refractivity contribution is 8.01. The first-order valence-electron chi connectivity index (χ1n) is 8.27. The minimum absolute atomic E-state index is 0.0593. The van der Waals surface area contributed by atoms with Gasteiger partial charge in [-0.1, -0.05) is 55.4 Å². The van der Waals surface area contributed by atoms with Crippen molar-refractivity contribution < 1.29 is 9.59 Å². The molecule has 0 aliphatic rings. The van der Waals surface area contributed by atoms with Gasteiger partial charge >= 0.3 is 0 Å². The molecule has 0 heterocycles. The summed E-state index contributed by atoms with van der Waals surface area (Å²) in [6.45, 7) is 16.6. The summed E-state index contributed by atoms with van der Waals surface area (Å²) in [7, 11) is 0. The van der Waals surface area contributed by atoms with Crippen LogP contribution in [0, 0.1) is 23.7 Å². The van der Waals surface area contributed by atoms with E-state index in [9.17, 15) is 9.59 Å². The first kappa shape index (κ1) is 20.7. The van der Waals surface area contributed by atoms with Gasteiger partial charge in [0.2, 0.25) is 0 Å². The zero-order chi connectivity index (χ0) is 16.7. The van der Waals surface area contributed by atoms with Crippen LogP contribution in [0.5, 0.6) is 0 Å². The molecule has 0 aromatic rings. The van der Waals surface area contributed by atoms with Crippen LogP contribution in [-0.2, 0) is 9.59 Å². The summed E-state index contributed by atoms with van der Waals surface area (Å²) in [5.74, 6) is 1.90. The molecule has 0 aliphatic carbocycles. The third-order valence-corrected chi connectivity index (χ3v) is 5.56. The molecule has 0 bridgehead atoms. The monoisotopic (exact) mass is 314 g/mol. The molecule has 0 N–H and O–H groups in total. The lowest BCUT2D eigenvalue weighted by molar-refractivity contribution is -0.120. The Bertz CT molecular complexity index is 300. The molecular weight excluding hydrogens is 280 g/mol. The Labute approximate surface area is 135 Å². The molecule has 0 radical (unpaired) electrons. The van der Waals surface area contributed by atoms with Crippen LogP contribution < -0.4 is 0 Å².